The quantitative estimate of drug-likeness (QED) is 0.809. The van der Waals surface area contributed by atoms with E-state index in [1.54, 1.807) is 0 Å². The lowest BCUT2D eigenvalue weighted by molar-refractivity contribution is 1.11. The normalized spacial score (nSPS) is 10.1. The third-order valence-corrected chi connectivity index (χ3v) is 2.70. The fourth-order valence-corrected chi connectivity index (χ4v) is 1.65. The molecule has 0 spiro atoms. The zero-order valence-electron chi connectivity index (χ0n) is 9.61. The number of benzene rings is 2. The zero-order chi connectivity index (χ0) is 11.2. The van der Waals surface area contributed by atoms with Crippen LogP contribution >= 0.6 is 0 Å². The third kappa shape index (κ3) is 2.86. The third-order valence-electron chi connectivity index (χ3n) is 2.70. The lowest BCUT2D eigenvalue weighted by Crippen LogP contribution is -1.98. The van der Waals surface area contributed by atoms with Crippen LogP contribution in [0.3, 0.4) is 0 Å². The lowest BCUT2D eigenvalue weighted by atomic mass is 10.1. The molecule has 0 saturated heterocycles. The predicted octanol–water partition coefficient (Wildman–Crippen LogP) is 3.86. The summed E-state index contributed by atoms with van der Waals surface area (Å²) in [7, 11) is 0. The van der Waals surface area contributed by atoms with E-state index < -0.39 is 0 Å². The molecule has 0 radical (unpaired) electrons. The summed E-state index contributed by atoms with van der Waals surface area (Å²) >= 11 is 0. The molecule has 1 heteroatoms. The maximum absolute atomic E-state index is 3.40. The van der Waals surface area contributed by atoms with Gasteiger partial charge in [0.25, 0.3) is 0 Å². The van der Waals surface area contributed by atoms with Gasteiger partial charge in [-0.2, -0.15) is 0 Å². The highest BCUT2D eigenvalue weighted by molar-refractivity contribution is 5.43. The summed E-state index contributed by atoms with van der Waals surface area (Å²) in [5, 5.41) is 3.40. The Labute approximate surface area is 97.1 Å². The topological polar surface area (TPSA) is 12.0 Å². The van der Waals surface area contributed by atoms with Gasteiger partial charge in [-0.05, 0) is 29.7 Å². The first-order chi connectivity index (χ1) is 7.88. The van der Waals surface area contributed by atoms with E-state index in [2.05, 4.69) is 48.6 Å². The van der Waals surface area contributed by atoms with E-state index in [0.29, 0.717) is 0 Å². The molecule has 1 nitrogen and oxygen atoms in total. The second-order valence-electron chi connectivity index (χ2n) is 3.89. The van der Waals surface area contributed by atoms with E-state index >= 15 is 0 Å². The highest BCUT2D eigenvalue weighted by Gasteiger charge is 1.93. The second kappa shape index (κ2) is 5.36. The molecule has 0 aliphatic heterocycles. The van der Waals surface area contributed by atoms with Crippen LogP contribution in [0, 0.1) is 0 Å². The van der Waals surface area contributed by atoms with Crippen LogP contribution in [-0.4, -0.2) is 0 Å². The van der Waals surface area contributed by atoms with Gasteiger partial charge >= 0.3 is 0 Å². The molecule has 2 aromatic rings. The molecule has 0 aliphatic carbocycles. The number of aryl methyl sites for hydroxylation is 1. The summed E-state index contributed by atoms with van der Waals surface area (Å²) in [5.41, 5.74) is 3.88. The molecule has 0 amide bonds. The zero-order valence-corrected chi connectivity index (χ0v) is 9.61. The lowest BCUT2D eigenvalue weighted by Gasteiger charge is -2.06. The smallest absolute Gasteiger partial charge is 0.0400 e. The SMILES string of the molecule is CCc1ccc(CNc2ccccc2)cc1. The minimum absolute atomic E-state index is 0.883. The largest absolute Gasteiger partial charge is 0.381 e. The van der Waals surface area contributed by atoms with Crippen LogP contribution in [0.5, 0.6) is 0 Å². The number of anilines is 1. The van der Waals surface area contributed by atoms with E-state index in [4.69, 9.17) is 0 Å². The predicted molar refractivity (Wildman–Crippen MR) is 69.6 cm³/mol. The van der Waals surface area contributed by atoms with Crippen molar-refractivity contribution in [3.8, 4) is 0 Å². The molecule has 0 heterocycles. The van der Waals surface area contributed by atoms with Gasteiger partial charge in [-0.3, -0.25) is 0 Å². The van der Waals surface area contributed by atoms with Crippen molar-refractivity contribution in [1.29, 1.82) is 0 Å². The first-order valence-electron chi connectivity index (χ1n) is 5.75. The minimum Gasteiger partial charge on any atom is -0.381 e. The number of hydrogen-bond acceptors (Lipinski definition) is 1. The minimum atomic E-state index is 0.883. The van der Waals surface area contributed by atoms with Crippen molar-refractivity contribution in [2.45, 2.75) is 19.9 Å². The van der Waals surface area contributed by atoms with Crippen LogP contribution in [0.15, 0.2) is 54.6 Å². The van der Waals surface area contributed by atoms with Crippen molar-refractivity contribution >= 4 is 5.69 Å². The Morgan fingerprint density at radius 2 is 1.44 bits per heavy atom. The van der Waals surface area contributed by atoms with E-state index in [1.165, 1.54) is 16.8 Å². The Kier molecular flexibility index (Phi) is 3.60. The van der Waals surface area contributed by atoms with E-state index in [0.717, 1.165) is 13.0 Å². The summed E-state index contributed by atoms with van der Waals surface area (Å²) in [6.07, 6.45) is 1.10. The van der Waals surface area contributed by atoms with Crippen LogP contribution < -0.4 is 5.32 Å². The molecular weight excluding hydrogens is 194 g/mol. The van der Waals surface area contributed by atoms with Gasteiger partial charge in [-0.25, -0.2) is 0 Å². The Balaban J connectivity index is 1.94. The molecule has 0 saturated carbocycles. The van der Waals surface area contributed by atoms with Crippen molar-refractivity contribution in [1.82, 2.24) is 0 Å². The molecule has 0 aromatic heterocycles. The number of hydrogen-bond donors (Lipinski definition) is 1. The standard InChI is InChI=1S/C15H17N/c1-2-13-8-10-14(11-9-13)12-16-15-6-4-3-5-7-15/h3-11,16H,2,12H2,1H3. The Morgan fingerprint density at radius 3 is 2.06 bits per heavy atom. The van der Waals surface area contributed by atoms with Gasteiger partial charge in [0.15, 0.2) is 0 Å². The maximum Gasteiger partial charge on any atom is 0.0400 e. The van der Waals surface area contributed by atoms with Gasteiger partial charge in [0.05, 0.1) is 0 Å². The molecule has 82 valence electrons. The van der Waals surface area contributed by atoms with Gasteiger partial charge in [-0.1, -0.05) is 49.4 Å². The average molecular weight is 211 g/mol. The Bertz CT molecular complexity index is 417. The van der Waals surface area contributed by atoms with Gasteiger partial charge in [0.1, 0.15) is 0 Å². The molecular formula is C15H17N. The molecule has 1 N–H and O–H groups in total. The number of para-hydroxylation sites is 1. The summed E-state index contributed by atoms with van der Waals surface area (Å²) < 4.78 is 0. The number of nitrogens with one attached hydrogen (secondary N) is 1. The fraction of sp³-hybridized carbons (Fsp3) is 0.200. The monoisotopic (exact) mass is 211 g/mol. The first-order valence-corrected chi connectivity index (χ1v) is 5.75. The van der Waals surface area contributed by atoms with Crippen LogP contribution in [0.4, 0.5) is 5.69 Å². The van der Waals surface area contributed by atoms with Crippen molar-refractivity contribution in [2.24, 2.45) is 0 Å². The maximum atomic E-state index is 3.40. The molecule has 0 bridgehead atoms. The molecule has 0 aliphatic rings. The Hall–Kier alpha value is -1.76. The van der Waals surface area contributed by atoms with Crippen molar-refractivity contribution in [3.63, 3.8) is 0 Å². The van der Waals surface area contributed by atoms with Crippen LogP contribution in [-0.2, 0) is 13.0 Å². The molecule has 0 fully saturated rings. The van der Waals surface area contributed by atoms with Crippen LogP contribution in [0.25, 0.3) is 0 Å². The average Bonchev–Trinajstić information content (AvgIpc) is 2.38. The van der Waals surface area contributed by atoms with Crippen molar-refractivity contribution in [2.75, 3.05) is 5.32 Å². The van der Waals surface area contributed by atoms with E-state index in [9.17, 15) is 0 Å². The van der Waals surface area contributed by atoms with E-state index in [-0.39, 0.29) is 0 Å². The molecule has 16 heavy (non-hydrogen) atoms. The molecule has 0 unspecified atom stereocenters. The van der Waals surface area contributed by atoms with Crippen LogP contribution in [0.1, 0.15) is 18.1 Å². The van der Waals surface area contributed by atoms with Crippen molar-refractivity contribution in [3.05, 3.63) is 65.7 Å². The van der Waals surface area contributed by atoms with Gasteiger partial charge in [0, 0.05) is 12.2 Å². The summed E-state index contributed by atoms with van der Waals surface area (Å²) in [5.74, 6) is 0. The fourth-order valence-electron chi connectivity index (χ4n) is 1.65. The molecule has 2 aromatic carbocycles. The van der Waals surface area contributed by atoms with Crippen LogP contribution in [0.2, 0.25) is 0 Å². The summed E-state index contributed by atoms with van der Waals surface area (Å²) in [4.78, 5) is 0. The second-order valence-corrected chi connectivity index (χ2v) is 3.89. The molecule has 0 atom stereocenters. The van der Waals surface area contributed by atoms with Gasteiger partial charge < -0.3 is 5.32 Å². The highest BCUT2D eigenvalue weighted by Crippen LogP contribution is 2.09. The Morgan fingerprint density at radius 1 is 0.812 bits per heavy atom. The first kappa shape index (κ1) is 10.7. The summed E-state index contributed by atoms with van der Waals surface area (Å²) in [6, 6.07) is 19.1. The van der Waals surface area contributed by atoms with Gasteiger partial charge in [-0.15, -0.1) is 0 Å². The van der Waals surface area contributed by atoms with Gasteiger partial charge in [0.2, 0.25) is 0 Å². The number of rotatable bonds is 4. The molecule has 2 rings (SSSR count). The summed E-state index contributed by atoms with van der Waals surface area (Å²) in [6.45, 7) is 3.06. The highest BCUT2D eigenvalue weighted by atomic mass is 14.9. The van der Waals surface area contributed by atoms with E-state index in [1.807, 2.05) is 18.2 Å². The van der Waals surface area contributed by atoms with Crippen molar-refractivity contribution < 1.29 is 0 Å².